The molecule has 18 rings (SSSR count). The molecule has 12 nitrogen and oxygen atoms in total. The van der Waals surface area contributed by atoms with Crippen molar-refractivity contribution in [3.05, 3.63) is 401 Å². The van der Waals surface area contributed by atoms with E-state index in [0.717, 1.165) is 162 Å². The number of carboxylic acids is 1. The van der Waals surface area contributed by atoms with Crippen molar-refractivity contribution < 1.29 is 90.6 Å². The number of aliphatic hydroxyl groups is 1. The van der Waals surface area contributed by atoms with Crippen molar-refractivity contribution in [2.24, 2.45) is 22.6 Å². The Kier molecular flexibility index (Phi) is 53.7. The zero-order valence-electron chi connectivity index (χ0n) is 77.7. The first-order valence-corrected chi connectivity index (χ1v) is 55.0. The number of aliphatic imine (C=N–C) groups is 1. The van der Waals surface area contributed by atoms with Crippen LogP contribution in [-0.2, 0) is 38.5 Å². The number of aryl methyl sites for hydroxylation is 1. The number of Topliss-reactive ketones (excluding diaryl/α,β-unsaturated/α-hetero) is 1. The van der Waals surface area contributed by atoms with Gasteiger partial charge in [-0.15, -0.1) is 0 Å². The summed E-state index contributed by atoms with van der Waals surface area (Å²) in [5, 5.41) is 20.5. The van der Waals surface area contributed by atoms with E-state index in [2.05, 4.69) is 328 Å². The van der Waals surface area contributed by atoms with Crippen LogP contribution < -0.4 is 45.3 Å². The number of aromatic carboxylic acids is 1. The van der Waals surface area contributed by atoms with Gasteiger partial charge in [-0.3, -0.25) is 33.3 Å². The smallest absolute Gasteiger partial charge is 1.00 e. The second-order valence-corrected chi connectivity index (χ2v) is 45.4. The largest absolute Gasteiger partial charge is 1.00 e. The van der Waals surface area contributed by atoms with E-state index in [4.69, 9.17) is 25.7 Å². The van der Waals surface area contributed by atoms with Gasteiger partial charge in [0.2, 0.25) is 0 Å². The number of ketones is 1. The molecule has 3 radical (unpaired) electrons. The zero-order valence-corrected chi connectivity index (χ0v) is 99.0. The molecule has 12 aromatic rings. The molecule has 3 unspecified atom stereocenters. The summed E-state index contributed by atoms with van der Waals surface area (Å²) in [6, 6.07) is 87.5. The van der Waals surface area contributed by atoms with E-state index < -0.39 is 37.5 Å². The summed E-state index contributed by atoms with van der Waals surface area (Å²) in [4.78, 5) is 34.2. The molecular formula is C108H109BBr6F8I5N7NaO5. The minimum Gasteiger partial charge on any atom is -1.00 e. The maximum Gasteiger partial charge on any atom is 1.00 e. The van der Waals surface area contributed by atoms with E-state index in [0.29, 0.717) is 62.9 Å². The first-order valence-electron chi connectivity index (χ1n) is 44.8. The normalized spacial score (nSPS) is 15.8. The summed E-state index contributed by atoms with van der Waals surface area (Å²) in [5.74, 6) is 0.429. The van der Waals surface area contributed by atoms with Gasteiger partial charge in [-0.2, -0.15) is 26.3 Å². The van der Waals surface area contributed by atoms with Gasteiger partial charge >= 0.3 is 47.9 Å². The van der Waals surface area contributed by atoms with Crippen LogP contribution in [0.25, 0.3) is 0 Å². The number of halogens is 19. The summed E-state index contributed by atoms with van der Waals surface area (Å²) in [6.07, 6.45) is -1.71. The molecule has 12 aromatic carbocycles. The van der Waals surface area contributed by atoms with Gasteiger partial charge in [0.25, 0.3) is 0 Å². The predicted octanol–water partition coefficient (Wildman–Crippen LogP) is 26.0. The maximum atomic E-state index is 13.2. The summed E-state index contributed by atoms with van der Waals surface area (Å²) >= 11 is 32.1. The molecule has 3 atom stereocenters. The molecular weight excluding hydrogens is 2770 g/mol. The van der Waals surface area contributed by atoms with Gasteiger partial charge in [-0.05, 0) is 389 Å². The van der Waals surface area contributed by atoms with Crippen molar-refractivity contribution in [1.29, 1.82) is 0 Å². The number of carbonyl (C=O) groups excluding carboxylic acids is 1. The summed E-state index contributed by atoms with van der Waals surface area (Å²) < 4.78 is 121. The summed E-state index contributed by atoms with van der Waals surface area (Å²) in [7, 11) is 0. The van der Waals surface area contributed by atoms with Crippen LogP contribution in [0.1, 0.15) is 138 Å². The number of alkyl halides is 8. The Morgan fingerprint density at radius 3 is 1.33 bits per heavy atom. The quantitative estimate of drug-likeness (QED) is 0.0223. The van der Waals surface area contributed by atoms with Gasteiger partial charge in [0, 0.05) is 153 Å². The van der Waals surface area contributed by atoms with Crippen molar-refractivity contribution in [2.45, 2.75) is 89.3 Å². The van der Waals surface area contributed by atoms with Crippen molar-refractivity contribution in [2.75, 3.05) is 112 Å². The van der Waals surface area contributed by atoms with Crippen LogP contribution in [0.2, 0.25) is 0 Å². The Bertz CT molecular complexity index is 5950. The van der Waals surface area contributed by atoms with E-state index in [1.165, 1.54) is 65.9 Å². The van der Waals surface area contributed by atoms with Gasteiger partial charge in [-0.1, -0.05) is 212 Å². The molecule has 0 aromatic heterocycles. The van der Waals surface area contributed by atoms with Crippen LogP contribution in [0.5, 0.6) is 5.75 Å². The van der Waals surface area contributed by atoms with Crippen LogP contribution >= 0.6 is 209 Å². The third-order valence-electron chi connectivity index (χ3n) is 23.4. The van der Waals surface area contributed by atoms with Crippen molar-refractivity contribution in [1.82, 2.24) is 24.9 Å². The van der Waals surface area contributed by atoms with Gasteiger partial charge in [0.15, 0.2) is 5.78 Å². The topological polar surface area (TPSA) is 147 Å². The first kappa shape index (κ1) is 122. The number of hydrogen-bond donors (Lipinski definition) is 4. The summed E-state index contributed by atoms with van der Waals surface area (Å²) in [6.45, 7) is 6.41. The molecule has 0 aliphatic carbocycles. The number of aliphatic hydroxyl groups excluding tert-OH is 1. The molecule has 141 heavy (non-hydrogen) atoms. The number of nitrogens with one attached hydrogen (secondary N) is 1. The number of nitrogens with two attached hydrogens (primary N) is 1. The molecule has 0 bridgehead atoms. The van der Waals surface area contributed by atoms with E-state index in [1.54, 1.807) is 24.3 Å². The summed E-state index contributed by atoms with van der Waals surface area (Å²) in [5.41, 5.74) is 24.1. The number of fused-ring (bicyclic) bond motifs is 4. The molecule has 5 N–H and O–H groups in total. The molecule has 6 aliphatic heterocycles. The number of hydrogen-bond acceptors (Lipinski definition) is 11. The Morgan fingerprint density at radius 1 is 0.482 bits per heavy atom. The third-order valence-corrected chi connectivity index (χ3v) is 30.0. The Hall–Kier alpha value is -4.00. The average Bonchev–Trinajstić information content (AvgIpc) is 0.762. The number of likely N-dealkylation sites (tertiary alicyclic amines) is 2. The zero-order chi connectivity index (χ0) is 99.0. The van der Waals surface area contributed by atoms with Crippen LogP contribution in [-0.4, -0.2) is 180 Å². The monoisotopic (exact) mass is 2880 g/mol. The van der Waals surface area contributed by atoms with E-state index in [-0.39, 0.29) is 90.4 Å². The molecule has 2 fully saturated rings. The fraction of sp³-hybridized carbons (Fsp3) is 0.306. The van der Waals surface area contributed by atoms with Crippen molar-refractivity contribution in [3.63, 3.8) is 0 Å². The van der Waals surface area contributed by atoms with Crippen molar-refractivity contribution in [3.8, 4) is 5.75 Å². The minimum atomic E-state index is -4.26. The molecule has 0 saturated carbocycles. The van der Waals surface area contributed by atoms with Crippen LogP contribution in [0, 0.1) is 29.7 Å². The molecule has 2 saturated heterocycles. The fourth-order valence-corrected chi connectivity index (χ4v) is 21.0. The molecule has 743 valence electrons. The van der Waals surface area contributed by atoms with E-state index >= 15 is 0 Å². The molecule has 0 amide bonds. The molecule has 0 spiro atoms. The molecule has 6 heterocycles. The number of carbonyl (C=O) groups is 2. The number of nitrogens with zero attached hydrogens (tertiary/aromatic N) is 5. The Labute approximate surface area is 967 Å². The molecule has 33 heteroatoms. The van der Waals surface area contributed by atoms with Crippen LogP contribution in [0.3, 0.4) is 0 Å². The van der Waals surface area contributed by atoms with Crippen molar-refractivity contribution >= 4 is 234 Å². The Morgan fingerprint density at radius 2 is 0.887 bits per heavy atom. The minimum absolute atomic E-state index is 0. The number of carboxylic acid groups (broad SMARTS) is 1. The van der Waals surface area contributed by atoms with Gasteiger partial charge in [0.1, 0.15) is 12.4 Å². The maximum absolute atomic E-state index is 13.2. The number of benzene rings is 12. The second-order valence-electron chi connectivity index (χ2n) is 33.6. The fourth-order valence-electron chi connectivity index (χ4n) is 16.7. The number of β-amino-alcohol motifs (C(OH)–C–C–N with tert-alkyl or cyclic N) is 1. The SMILES string of the molecule is Brc1ccc2c(c1)CCN=C2c1ccc(I)cc1.Brc1ccc2c(c1)CCNC2c1ccc(I)cc1.C.FC(F)(F)CN1CCc2cc(Br)ccc2C1c1ccc(I)cc1.FCC1CN(CCOc2ccc(C3c4ccc(Br)cc4CCN3CC(F)(F)F)cc2)C1.NCCc1cccc(Br)c1.O=C(CCCc1cccc(Br)c1)c1ccc(I)cc1.O=C(O)c1ccc(I)cc1.OCCN1CC(CF)C1.[B].[H-].[Na+]. The Balaban J connectivity index is 0.000000226. The third kappa shape index (κ3) is 40.4. The predicted molar refractivity (Wildman–Crippen MR) is 616 cm³/mol. The number of ether oxygens (including phenoxy) is 1. The van der Waals surface area contributed by atoms with Crippen LogP contribution in [0.15, 0.2) is 299 Å². The van der Waals surface area contributed by atoms with Gasteiger partial charge in [-0.25, -0.2) is 4.79 Å². The van der Waals surface area contributed by atoms with Gasteiger partial charge < -0.3 is 32.3 Å². The van der Waals surface area contributed by atoms with Crippen LogP contribution in [0.4, 0.5) is 35.1 Å². The van der Waals surface area contributed by atoms with E-state index in [1.807, 2.05) is 138 Å². The first-order chi connectivity index (χ1) is 66.2. The van der Waals surface area contributed by atoms with E-state index in [9.17, 15) is 44.7 Å². The second kappa shape index (κ2) is 62.0. The van der Waals surface area contributed by atoms with Gasteiger partial charge in [0.05, 0.1) is 62.4 Å². The average molecular weight is 2880 g/mol. The standard InChI is InChI=1S/C23H25BrF4N2O.C17H14BrF3IN.C16H14BrIO.C15H13BrIN.C15H11BrIN.C8H10BrN.C7H5IO2.C6H12FNO.CH4.B.Na.H/c24-19-3-6-21-18(11-19)7-8-30(15-23(26,27)28)22(21)17-1-4-20(5-2-17)31-10-9-29-13-16(12-25)14-29;18-13-3-6-15-12(9-13)7-8-23(10-17(19,20)21)16(15)11-1-4-14(22)5-2-11;17-14-5-1-3-12(11-14)4-2-6-16(19)13-7-9-15(18)10-8-13;2*16-12-3-6-14-11(9-12)7-8-18-15(14)10-1-4-13(17)5-2-10;9-8-3-1-2-7(6-8)4-5-10;8-6-3-1-5(2-4-6)7(9)10;7-3-6-4-8(5-6)1-2-9;;;;/h1-6,11,16,22H,7-10,12-15H2;1-6,9,16H,7-8,10H2;1,3,5,7-11H,2,4,6H2;1-6,9,15,18H,7-8H2;1-6,9H,7-8H2;1-3,6H,4-5,10H2;1-4H,(H,9,10);6,9H,1-5H2;1H4;;;/q;;;;;;;;;;+1;-1. The number of rotatable bonds is 22. The molecule has 6 aliphatic rings.